The van der Waals surface area contributed by atoms with Gasteiger partial charge in [0.25, 0.3) is 0 Å². The number of carbonyl (C=O) groups excluding carboxylic acids is 2. The number of methoxy groups -OCH3 is 2. The van der Waals surface area contributed by atoms with E-state index in [9.17, 15) is 9.59 Å². The van der Waals surface area contributed by atoms with Crippen LogP contribution in [0.5, 0.6) is 11.5 Å². The molecule has 0 spiro atoms. The number of rotatable bonds is 10. The Morgan fingerprint density at radius 1 is 1.16 bits per heavy atom. The Hall–Kier alpha value is -3.98. The van der Waals surface area contributed by atoms with E-state index in [1.165, 1.54) is 17.8 Å². The summed E-state index contributed by atoms with van der Waals surface area (Å²) in [7, 11) is 3.15. The molecule has 0 unspecified atom stereocenters. The van der Waals surface area contributed by atoms with Crippen LogP contribution in [0.2, 0.25) is 0 Å². The zero-order valence-electron chi connectivity index (χ0n) is 21.0. The van der Waals surface area contributed by atoms with Crippen molar-refractivity contribution < 1.29 is 23.8 Å². The summed E-state index contributed by atoms with van der Waals surface area (Å²) in [4.78, 5) is 32.8. The normalized spacial score (nSPS) is 16.4. The molecule has 9 heteroatoms. The fraction of sp³-hybridized carbons (Fsp3) is 0.250. The van der Waals surface area contributed by atoms with Crippen LogP contribution in [0.25, 0.3) is 0 Å². The molecule has 2 aromatic rings. The number of benzene rings is 2. The van der Waals surface area contributed by atoms with Gasteiger partial charge in [-0.3, -0.25) is 4.79 Å². The van der Waals surface area contributed by atoms with E-state index in [4.69, 9.17) is 14.2 Å². The van der Waals surface area contributed by atoms with Crippen LogP contribution < -0.4 is 14.8 Å². The summed E-state index contributed by atoms with van der Waals surface area (Å²) in [6, 6.07) is 14.5. The zero-order valence-corrected chi connectivity index (χ0v) is 21.8. The molecule has 0 radical (unpaired) electrons. The molecule has 4 rings (SSSR count). The fourth-order valence-electron chi connectivity index (χ4n) is 4.21. The average molecular weight is 520 g/mol. The molecule has 0 fully saturated rings. The summed E-state index contributed by atoms with van der Waals surface area (Å²) in [5.41, 5.74) is 3.31. The molecule has 1 amide bonds. The Balaban J connectivity index is 1.69. The third-order valence-electron chi connectivity index (χ3n) is 5.96. The third kappa shape index (κ3) is 5.72. The van der Waals surface area contributed by atoms with Crippen molar-refractivity contribution in [3.8, 4) is 11.5 Å². The molecule has 192 valence electrons. The van der Waals surface area contributed by atoms with Gasteiger partial charge in [-0.2, -0.15) is 0 Å². The number of allylic oxidation sites excluding steroid dienone is 1. The van der Waals surface area contributed by atoms with E-state index in [1.54, 1.807) is 33.3 Å². The van der Waals surface area contributed by atoms with Gasteiger partial charge in [0.1, 0.15) is 18.1 Å². The SMILES string of the molecule is C=CCOC(=O)C1=C(C)N=C2SC=C(CC(=O)NCc3ccccc3)N2[C@@H]1c1cc(OC)ccc1OC. The maximum absolute atomic E-state index is 13.3. The van der Waals surface area contributed by atoms with E-state index in [0.717, 1.165) is 5.56 Å². The molecule has 0 saturated heterocycles. The highest BCUT2D eigenvalue weighted by atomic mass is 32.2. The second-order valence-electron chi connectivity index (χ2n) is 8.33. The molecule has 2 aliphatic heterocycles. The van der Waals surface area contributed by atoms with Gasteiger partial charge in [-0.05, 0) is 36.1 Å². The maximum Gasteiger partial charge on any atom is 0.338 e. The molecule has 37 heavy (non-hydrogen) atoms. The predicted octanol–water partition coefficient (Wildman–Crippen LogP) is 4.71. The number of ether oxygens (including phenoxy) is 3. The Morgan fingerprint density at radius 3 is 2.65 bits per heavy atom. The van der Waals surface area contributed by atoms with Crippen molar-refractivity contribution in [1.29, 1.82) is 0 Å². The van der Waals surface area contributed by atoms with Crippen LogP contribution in [0.1, 0.15) is 30.5 Å². The minimum absolute atomic E-state index is 0.0630. The van der Waals surface area contributed by atoms with Crippen LogP contribution >= 0.6 is 11.8 Å². The molecule has 0 aromatic heterocycles. The Morgan fingerprint density at radius 2 is 1.95 bits per heavy atom. The number of fused-ring (bicyclic) bond motifs is 1. The van der Waals surface area contributed by atoms with Gasteiger partial charge in [-0.25, -0.2) is 9.79 Å². The zero-order chi connectivity index (χ0) is 26.4. The number of amidine groups is 1. The number of aliphatic imine (C=N–C) groups is 1. The van der Waals surface area contributed by atoms with Crippen molar-refractivity contribution in [3.05, 3.63) is 94.7 Å². The molecule has 0 aliphatic carbocycles. The Labute approximate surface area is 220 Å². The summed E-state index contributed by atoms with van der Waals surface area (Å²) in [6.07, 6.45) is 1.62. The van der Waals surface area contributed by atoms with Crippen LogP contribution in [0.15, 0.2) is 88.6 Å². The lowest BCUT2D eigenvalue weighted by Crippen LogP contribution is -2.38. The maximum atomic E-state index is 13.3. The monoisotopic (exact) mass is 519 g/mol. The number of hydrogen-bond acceptors (Lipinski definition) is 8. The second-order valence-corrected chi connectivity index (χ2v) is 9.16. The molecule has 2 heterocycles. The standard InChI is InChI=1S/C28H29N3O5S/c1-5-13-36-27(33)25-18(2)30-28-31(26(25)22-15-21(34-3)11-12-23(22)35-4)20(17-37-28)14-24(32)29-16-19-9-7-6-8-10-19/h5-12,15,17,26H,1,13-14,16H2,2-4H3,(H,29,32)/t26-/m1/s1. The van der Waals surface area contributed by atoms with Crippen molar-refractivity contribution in [3.63, 3.8) is 0 Å². The molecule has 0 saturated carbocycles. The summed E-state index contributed by atoms with van der Waals surface area (Å²) in [5, 5.41) is 5.53. The largest absolute Gasteiger partial charge is 0.497 e. The highest BCUT2D eigenvalue weighted by Crippen LogP contribution is 2.47. The second kappa shape index (κ2) is 11.8. The first-order valence-corrected chi connectivity index (χ1v) is 12.6. The molecule has 0 bridgehead atoms. The van der Waals surface area contributed by atoms with Gasteiger partial charge >= 0.3 is 5.97 Å². The molecule has 8 nitrogen and oxygen atoms in total. The van der Waals surface area contributed by atoms with Crippen molar-refractivity contribution in [2.75, 3.05) is 20.8 Å². The van der Waals surface area contributed by atoms with Crippen LogP contribution in [0.4, 0.5) is 0 Å². The lowest BCUT2D eigenvalue weighted by molar-refractivity contribution is -0.138. The lowest BCUT2D eigenvalue weighted by Gasteiger charge is -2.36. The number of thioether (sulfide) groups is 1. The minimum Gasteiger partial charge on any atom is -0.497 e. The Kier molecular flexibility index (Phi) is 8.35. The highest BCUT2D eigenvalue weighted by molar-refractivity contribution is 8.16. The number of amides is 1. The van der Waals surface area contributed by atoms with Gasteiger partial charge in [0.05, 0.1) is 38.0 Å². The van der Waals surface area contributed by atoms with Crippen molar-refractivity contribution in [2.24, 2.45) is 4.99 Å². The minimum atomic E-state index is -0.641. The predicted molar refractivity (Wildman–Crippen MR) is 144 cm³/mol. The van der Waals surface area contributed by atoms with Gasteiger partial charge in [-0.15, -0.1) is 0 Å². The van der Waals surface area contributed by atoms with Gasteiger partial charge in [0.2, 0.25) is 5.91 Å². The molecule has 1 N–H and O–H groups in total. The molecule has 2 aromatic carbocycles. The van der Waals surface area contributed by atoms with Crippen molar-refractivity contribution >= 4 is 28.8 Å². The number of nitrogens with one attached hydrogen (secondary N) is 1. The fourth-order valence-corrected chi connectivity index (χ4v) is 5.18. The number of carbonyl (C=O) groups is 2. The topological polar surface area (TPSA) is 89.5 Å². The van der Waals surface area contributed by atoms with E-state index in [1.807, 2.05) is 46.7 Å². The van der Waals surface area contributed by atoms with Gasteiger partial charge in [-0.1, -0.05) is 54.7 Å². The van der Waals surface area contributed by atoms with Crippen LogP contribution in [0, 0.1) is 0 Å². The average Bonchev–Trinajstić information content (AvgIpc) is 3.31. The van der Waals surface area contributed by atoms with E-state index >= 15 is 0 Å². The van der Waals surface area contributed by atoms with Gasteiger partial charge in [0.15, 0.2) is 5.17 Å². The summed E-state index contributed by atoms with van der Waals surface area (Å²) in [6.45, 7) is 5.90. The van der Waals surface area contributed by atoms with Crippen molar-refractivity contribution in [1.82, 2.24) is 10.2 Å². The smallest absolute Gasteiger partial charge is 0.338 e. The van der Waals surface area contributed by atoms with Crippen LogP contribution in [0.3, 0.4) is 0 Å². The van der Waals surface area contributed by atoms with E-state index in [-0.39, 0.29) is 18.9 Å². The van der Waals surface area contributed by atoms with Gasteiger partial charge < -0.3 is 24.4 Å². The first kappa shape index (κ1) is 26.1. The lowest BCUT2D eigenvalue weighted by atomic mass is 9.92. The summed E-state index contributed by atoms with van der Waals surface area (Å²) < 4.78 is 16.6. The van der Waals surface area contributed by atoms with Crippen molar-refractivity contribution in [2.45, 2.75) is 25.9 Å². The Bertz CT molecular complexity index is 1290. The summed E-state index contributed by atoms with van der Waals surface area (Å²) >= 11 is 1.41. The number of nitrogens with zero attached hydrogens (tertiary/aromatic N) is 2. The quantitative estimate of drug-likeness (QED) is 0.359. The molecule has 1 atom stereocenters. The molecule has 2 aliphatic rings. The number of hydrogen-bond donors (Lipinski definition) is 1. The van der Waals surface area contributed by atoms with E-state index in [0.29, 0.717) is 45.7 Å². The highest BCUT2D eigenvalue weighted by Gasteiger charge is 2.42. The molecular weight excluding hydrogens is 490 g/mol. The van der Waals surface area contributed by atoms with Crippen LogP contribution in [-0.4, -0.2) is 42.8 Å². The molecular formula is C28H29N3O5S. The van der Waals surface area contributed by atoms with Gasteiger partial charge in [0, 0.05) is 17.8 Å². The first-order chi connectivity index (χ1) is 18.0. The van der Waals surface area contributed by atoms with E-state index < -0.39 is 12.0 Å². The van der Waals surface area contributed by atoms with Crippen LogP contribution in [-0.2, 0) is 20.9 Å². The number of esters is 1. The third-order valence-corrected chi connectivity index (χ3v) is 6.85. The van der Waals surface area contributed by atoms with E-state index in [2.05, 4.69) is 16.9 Å². The summed E-state index contributed by atoms with van der Waals surface area (Å²) in [5.74, 6) is 0.517. The first-order valence-electron chi connectivity index (χ1n) is 11.7.